The van der Waals surface area contributed by atoms with Crippen molar-refractivity contribution >= 4 is 21.8 Å². The molecule has 0 spiro atoms. The lowest BCUT2D eigenvalue weighted by Crippen LogP contribution is -2.38. The average molecular weight is 334 g/mol. The van der Waals surface area contributed by atoms with Crippen molar-refractivity contribution in [3.8, 4) is 0 Å². The van der Waals surface area contributed by atoms with Crippen molar-refractivity contribution in [1.29, 1.82) is 0 Å². The molecule has 0 saturated carbocycles. The molecule has 0 aliphatic rings. The van der Waals surface area contributed by atoms with Crippen LogP contribution in [0.1, 0.15) is 22.8 Å². The topological polar surface area (TPSA) is 49.3 Å². The van der Waals surface area contributed by atoms with Crippen LogP contribution in [-0.2, 0) is 5.60 Å². The highest BCUT2D eigenvalue weighted by Gasteiger charge is 2.23. The van der Waals surface area contributed by atoms with E-state index in [4.69, 9.17) is 0 Å². The summed E-state index contributed by atoms with van der Waals surface area (Å²) >= 11 is 3.33. The van der Waals surface area contributed by atoms with Gasteiger partial charge in [0.2, 0.25) is 0 Å². The lowest BCUT2D eigenvalue weighted by atomic mass is 9.96. The zero-order valence-electron chi connectivity index (χ0n) is 11.1. The zero-order chi connectivity index (χ0) is 14.6. The fourth-order valence-electron chi connectivity index (χ4n) is 1.88. The molecule has 104 valence electrons. The van der Waals surface area contributed by atoms with Gasteiger partial charge in [-0.25, -0.2) is 0 Å². The number of hydrogen-bond donors (Lipinski definition) is 2. The van der Waals surface area contributed by atoms with Crippen LogP contribution < -0.4 is 5.32 Å². The lowest BCUT2D eigenvalue weighted by molar-refractivity contribution is 0.0526. The molecule has 20 heavy (non-hydrogen) atoms. The van der Waals surface area contributed by atoms with E-state index >= 15 is 0 Å². The number of amides is 1. The fourth-order valence-corrected chi connectivity index (χ4v) is 2.28. The summed E-state index contributed by atoms with van der Waals surface area (Å²) in [7, 11) is 0. The molecule has 0 bridgehead atoms. The molecule has 2 aromatic carbocycles. The van der Waals surface area contributed by atoms with Crippen molar-refractivity contribution in [3.63, 3.8) is 0 Å². The zero-order valence-corrected chi connectivity index (χ0v) is 12.7. The molecule has 1 amide bonds. The first-order valence-corrected chi connectivity index (χ1v) is 7.10. The van der Waals surface area contributed by atoms with Crippen molar-refractivity contribution < 1.29 is 9.90 Å². The molecule has 0 fully saturated rings. The van der Waals surface area contributed by atoms with Crippen LogP contribution in [-0.4, -0.2) is 17.6 Å². The summed E-state index contributed by atoms with van der Waals surface area (Å²) in [5.74, 6) is -0.206. The molecule has 0 saturated heterocycles. The summed E-state index contributed by atoms with van der Waals surface area (Å²) in [5, 5.41) is 13.2. The van der Waals surface area contributed by atoms with Crippen LogP contribution in [0.2, 0.25) is 0 Å². The predicted octanol–water partition coefficient (Wildman–Crippen LogP) is 3.09. The fraction of sp³-hybridized carbons (Fsp3) is 0.188. The van der Waals surface area contributed by atoms with E-state index in [0.717, 1.165) is 10.0 Å². The van der Waals surface area contributed by atoms with Gasteiger partial charge in [0, 0.05) is 10.0 Å². The summed E-state index contributed by atoms with van der Waals surface area (Å²) < 4.78 is 0.847. The molecule has 2 N–H and O–H groups in total. The molecule has 0 heterocycles. The lowest BCUT2D eigenvalue weighted by Gasteiger charge is -2.24. The molecular formula is C16H16BrNO2. The number of nitrogens with one attached hydrogen (secondary N) is 1. The number of rotatable bonds is 4. The maximum absolute atomic E-state index is 12.0. The highest BCUT2D eigenvalue weighted by Crippen LogP contribution is 2.19. The molecule has 0 aromatic heterocycles. The van der Waals surface area contributed by atoms with E-state index in [0.29, 0.717) is 5.56 Å². The number of carbonyl (C=O) groups excluding carboxylic acids is 1. The van der Waals surface area contributed by atoms with Crippen LogP contribution in [0.5, 0.6) is 0 Å². The third-order valence-electron chi connectivity index (χ3n) is 3.08. The second-order valence-corrected chi connectivity index (χ2v) is 5.75. The van der Waals surface area contributed by atoms with Crippen molar-refractivity contribution in [2.45, 2.75) is 12.5 Å². The highest BCUT2D eigenvalue weighted by molar-refractivity contribution is 9.10. The normalized spacial score (nSPS) is 13.6. The van der Waals surface area contributed by atoms with Crippen molar-refractivity contribution in [3.05, 3.63) is 70.2 Å². The van der Waals surface area contributed by atoms with Crippen molar-refractivity contribution in [1.82, 2.24) is 5.32 Å². The Morgan fingerprint density at radius 2 is 1.90 bits per heavy atom. The van der Waals surface area contributed by atoms with Crippen LogP contribution in [0.4, 0.5) is 0 Å². The maximum atomic E-state index is 12.0. The summed E-state index contributed by atoms with van der Waals surface area (Å²) in [6.07, 6.45) is 0. The van der Waals surface area contributed by atoms with E-state index in [2.05, 4.69) is 21.2 Å². The first-order valence-electron chi connectivity index (χ1n) is 6.31. The summed E-state index contributed by atoms with van der Waals surface area (Å²) in [5.41, 5.74) is 0.237. The molecule has 1 unspecified atom stereocenters. The number of hydrogen-bond acceptors (Lipinski definition) is 2. The molecule has 3 nitrogen and oxygen atoms in total. The van der Waals surface area contributed by atoms with E-state index in [1.807, 2.05) is 36.4 Å². The van der Waals surface area contributed by atoms with Gasteiger partial charge in [0.1, 0.15) is 5.60 Å². The largest absolute Gasteiger partial charge is 0.384 e. The van der Waals surface area contributed by atoms with Crippen molar-refractivity contribution in [2.75, 3.05) is 6.54 Å². The highest BCUT2D eigenvalue weighted by atomic mass is 79.9. The Morgan fingerprint density at radius 1 is 1.20 bits per heavy atom. The number of aliphatic hydroxyl groups is 1. The van der Waals surface area contributed by atoms with Gasteiger partial charge < -0.3 is 10.4 Å². The maximum Gasteiger partial charge on any atom is 0.251 e. The minimum atomic E-state index is -1.09. The molecule has 1 atom stereocenters. The van der Waals surface area contributed by atoms with Gasteiger partial charge in [0.15, 0.2) is 0 Å². The third kappa shape index (κ3) is 3.68. The van der Waals surface area contributed by atoms with Gasteiger partial charge in [-0.15, -0.1) is 0 Å². The van der Waals surface area contributed by atoms with E-state index < -0.39 is 5.60 Å². The monoisotopic (exact) mass is 333 g/mol. The summed E-state index contributed by atoms with van der Waals surface area (Å²) in [4.78, 5) is 12.0. The Morgan fingerprint density at radius 3 is 2.55 bits per heavy atom. The Bertz CT molecular complexity index is 596. The van der Waals surface area contributed by atoms with E-state index in [9.17, 15) is 9.90 Å². The number of carbonyl (C=O) groups is 1. The molecule has 0 aliphatic heterocycles. The minimum absolute atomic E-state index is 0.155. The van der Waals surface area contributed by atoms with Crippen LogP contribution in [0.25, 0.3) is 0 Å². The third-order valence-corrected chi connectivity index (χ3v) is 3.57. The molecule has 2 rings (SSSR count). The summed E-state index contributed by atoms with van der Waals surface area (Å²) in [6, 6.07) is 16.4. The average Bonchev–Trinajstić information content (AvgIpc) is 2.46. The number of halogens is 1. The van der Waals surface area contributed by atoms with Gasteiger partial charge in [-0.1, -0.05) is 52.3 Å². The second-order valence-electron chi connectivity index (χ2n) is 4.83. The second kappa shape index (κ2) is 6.20. The predicted molar refractivity (Wildman–Crippen MR) is 82.5 cm³/mol. The van der Waals surface area contributed by atoms with E-state index in [1.165, 1.54) is 0 Å². The summed E-state index contributed by atoms with van der Waals surface area (Å²) in [6.45, 7) is 1.84. The first-order chi connectivity index (χ1) is 9.49. The smallest absolute Gasteiger partial charge is 0.251 e. The van der Waals surface area contributed by atoms with Gasteiger partial charge in [-0.2, -0.15) is 0 Å². The van der Waals surface area contributed by atoms with E-state index in [-0.39, 0.29) is 12.5 Å². The Kier molecular flexibility index (Phi) is 4.57. The molecule has 4 heteroatoms. The quantitative estimate of drug-likeness (QED) is 0.903. The van der Waals surface area contributed by atoms with Crippen molar-refractivity contribution in [2.24, 2.45) is 0 Å². The van der Waals surface area contributed by atoms with Gasteiger partial charge in [-0.3, -0.25) is 4.79 Å². The van der Waals surface area contributed by atoms with Crippen LogP contribution in [0.3, 0.4) is 0 Å². The molecule has 0 aliphatic carbocycles. The Balaban J connectivity index is 2.03. The Labute approximate surface area is 126 Å². The molecular weight excluding hydrogens is 318 g/mol. The van der Waals surface area contributed by atoms with Crippen LogP contribution in [0, 0.1) is 0 Å². The molecule has 2 aromatic rings. The SMILES string of the molecule is CC(O)(CNC(=O)c1cccc(Br)c1)c1ccccc1. The van der Waals surface area contributed by atoms with Crippen LogP contribution >= 0.6 is 15.9 Å². The molecule has 0 radical (unpaired) electrons. The Hall–Kier alpha value is -1.65. The van der Waals surface area contributed by atoms with E-state index in [1.54, 1.807) is 25.1 Å². The van der Waals surface area contributed by atoms with Crippen LogP contribution in [0.15, 0.2) is 59.1 Å². The van der Waals surface area contributed by atoms with Gasteiger partial charge in [-0.05, 0) is 30.7 Å². The minimum Gasteiger partial charge on any atom is -0.384 e. The van der Waals surface area contributed by atoms with Gasteiger partial charge >= 0.3 is 0 Å². The first kappa shape index (κ1) is 14.8. The number of benzene rings is 2. The van der Waals surface area contributed by atoms with Gasteiger partial charge in [0.25, 0.3) is 5.91 Å². The standard InChI is InChI=1S/C16H16BrNO2/c1-16(20,13-7-3-2-4-8-13)11-18-15(19)12-6-5-9-14(17)10-12/h2-10,20H,11H2,1H3,(H,18,19). The van der Waals surface area contributed by atoms with Gasteiger partial charge in [0.05, 0.1) is 6.54 Å².